The lowest BCUT2D eigenvalue weighted by molar-refractivity contribution is -0.141. The van der Waals surface area contributed by atoms with Crippen molar-refractivity contribution in [2.24, 2.45) is 0 Å². The minimum Gasteiger partial charge on any atom is -0.480 e. The summed E-state index contributed by atoms with van der Waals surface area (Å²) in [6.07, 6.45) is 1.73. The number of thiophene rings is 1. The molecular formula is C12H13Br2NO3S2. The van der Waals surface area contributed by atoms with E-state index in [-0.39, 0.29) is 11.3 Å². The van der Waals surface area contributed by atoms with E-state index in [9.17, 15) is 14.7 Å². The lowest BCUT2D eigenvalue weighted by Crippen LogP contribution is -2.45. The molecular weight excluding hydrogens is 430 g/mol. The van der Waals surface area contributed by atoms with Crippen LogP contribution in [0.2, 0.25) is 0 Å². The van der Waals surface area contributed by atoms with Crippen molar-refractivity contribution >= 4 is 66.8 Å². The SMILES string of the molecule is CCCC1SCC(C(=O)O)N1C(=O)c1cc(Br)sc1Br. The zero-order valence-electron chi connectivity index (χ0n) is 10.6. The normalized spacial score (nSPS) is 22.2. The summed E-state index contributed by atoms with van der Waals surface area (Å²) >= 11 is 9.67. The van der Waals surface area contributed by atoms with Crippen molar-refractivity contribution in [3.63, 3.8) is 0 Å². The Hall–Kier alpha value is -0.0500. The van der Waals surface area contributed by atoms with Crippen molar-refractivity contribution in [2.75, 3.05) is 5.75 Å². The molecule has 2 heterocycles. The number of aliphatic carboxylic acids is 1. The number of nitrogens with zero attached hydrogens (tertiary/aromatic N) is 1. The predicted octanol–water partition coefficient (Wildman–Crippen LogP) is 4.04. The lowest BCUT2D eigenvalue weighted by Gasteiger charge is -2.27. The van der Waals surface area contributed by atoms with Crippen LogP contribution < -0.4 is 0 Å². The topological polar surface area (TPSA) is 57.6 Å². The molecule has 1 aliphatic heterocycles. The number of carbonyl (C=O) groups excluding carboxylic acids is 1. The first-order chi connectivity index (χ1) is 9.45. The second-order valence-electron chi connectivity index (χ2n) is 4.38. The Morgan fingerprint density at radius 1 is 1.50 bits per heavy atom. The summed E-state index contributed by atoms with van der Waals surface area (Å²) in [6, 6.07) is 0.997. The van der Waals surface area contributed by atoms with Gasteiger partial charge in [0.25, 0.3) is 5.91 Å². The molecule has 20 heavy (non-hydrogen) atoms. The van der Waals surface area contributed by atoms with E-state index in [0.29, 0.717) is 11.3 Å². The van der Waals surface area contributed by atoms with Crippen LogP contribution in [0.4, 0.5) is 0 Å². The van der Waals surface area contributed by atoms with E-state index >= 15 is 0 Å². The summed E-state index contributed by atoms with van der Waals surface area (Å²) in [5, 5.41) is 9.26. The third-order valence-corrected chi connectivity index (χ3v) is 6.73. The fourth-order valence-corrected chi connectivity index (χ4v) is 6.41. The molecule has 1 saturated heterocycles. The van der Waals surface area contributed by atoms with Crippen LogP contribution >= 0.6 is 55.0 Å². The average molecular weight is 443 g/mol. The molecule has 2 rings (SSSR count). The maximum atomic E-state index is 12.7. The fraction of sp³-hybridized carbons (Fsp3) is 0.500. The van der Waals surface area contributed by atoms with Gasteiger partial charge in [0.15, 0.2) is 0 Å². The van der Waals surface area contributed by atoms with Gasteiger partial charge in [-0.2, -0.15) is 0 Å². The highest BCUT2D eigenvalue weighted by atomic mass is 79.9. The minimum atomic E-state index is -0.935. The maximum Gasteiger partial charge on any atom is 0.327 e. The third kappa shape index (κ3) is 3.23. The fourth-order valence-electron chi connectivity index (χ4n) is 2.12. The van der Waals surface area contributed by atoms with E-state index in [2.05, 4.69) is 31.9 Å². The third-order valence-electron chi connectivity index (χ3n) is 3.03. The van der Waals surface area contributed by atoms with E-state index in [0.717, 1.165) is 20.4 Å². The maximum absolute atomic E-state index is 12.7. The van der Waals surface area contributed by atoms with Crippen molar-refractivity contribution in [3.8, 4) is 0 Å². The Balaban J connectivity index is 2.31. The summed E-state index contributed by atoms with van der Waals surface area (Å²) in [5.74, 6) is -0.696. The predicted molar refractivity (Wildman–Crippen MR) is 88.5 cm³/mol. The van der Waals surface area contributed by atoms with E-state index in [4.69, 9.17) is 0 Å². The molecule has 1 aromatic rings. The van der Waals surface area contributed by atoms with Gasteiger partial charge in [-0.05, 0) is 44.3 Å². The van der Waals surface area contributed by atoms with Gasteiger partial charge >= 0.3 is 5.97 Å². The largest absolute Gasteiger partial charge is 0.480 e. The van der Waals surface area contributed by atoms with Gasteiger partial charge in [-0.1, -0.05) is 13.3 Å². The summed E-state index contributed by atoms with van der Waals surface area (Å²) in [5.41, 5.74) is 0.525. The van der Waals surface area contributed by atoms with E-state index in [1.165, 1.54) is 16.2 Å². The van der Waals surface area contributed by atoms with Crippen molar-refractivity contribution in [1.29, 1.82) is 0 Å². The molecule has 0 spiro atoms. The van der Waals surface area contributed by atoms with Crippen LogP contribution in [0, 0.1) is 0 Å². The molecule has 2 atom stereocenters. The summed E-state index contributed by atoms with van der Waals surface area (Å²) < 4.78 is 1.57. The number of thioether (sulfide) groups is 1. The molecule has 0 radical (unpaired) electrons. The second-order valence-corrected chi connectivity index (χ2v) is 9.34. The van der Waals surface area contributed by atoms with Gasteiger partial charge in [0, 0.05) is 5.75 Å². The minimum absolute atomic E-state index is 0.0563. The van der Waals surface area contributed by atoms with Crippen molar-refractivity contribution in [1.82, 2.24) is 4.90 Å². The van der Waals surface area contributed by atoms with Gasteiger partial charge in [0.2, 0.25) is 0 Å². The zero-order chi connectivity index (χ0) is 14.9. The van der Waals surface area contributed by atoms with E-state index in [1.807, 2.05) is 6.92 Å². The number of amides is 1. The number of carboxylic acid groups (broad SMARTS) is 1. The molecule has 1 fully saturated rings. The molecule has 1 N–H and O–H groups in total. The molecule has 4 nitrogen and oxygen atoms in total. The second kappa shape index (κ2) is 6.81. The van der Waals surface area contributed by atoms with Crippen LogP contribution in [0.25, 0.3) is 0 Å². The molecule has 2 unspecified atom stereocenters. The highest BCUT2D eigenvalue weighted by Gasteiger charge is 2.42. The number of carboxylic acids is 1. The highest BCUT2D eigenvalue weighted by molar-refractivity contribution is 9.12. The summed E-state index contributed by atoms with van der Waals surface area (Å²) in [6.45, 7) is 2.04. The first-order valence-electron chi connectivity index (χ1n) is 6.07. The number of hydrogen-bond acceptors (Lipinski definition) is 4. The molecule has 0 aliphatic carbocycles. The number of rotatable bonds is 4. The molecule has 0 aromatic carbocycles. The number of hydrogen-bond donors (Lipinski definition) is 1. The Morgan fingerprint density at radius 3 is 2.70 bits per heavy atom. The number of carbonyl (C=O) groups is 2. The number of halogens is 2. The summed E-state index contributed by atoms with van der Waals surface area (Å²) in [4.78, 5) is 25.6. The van der Waals surface area contributed by atoms with Gasteiger partial charge in [-0.15, -0.1) is 23.1 Å². The molecule has 0 saturated carbocycles. The van der Waals surface area contributed by atoms with Crippen molar-refractivity contribution in [2.45, 2.75) is 31.2 Å². The van der Waals surface area contributed by atoms with Crippen LogP contribution in [-0.2, 0) is 4.79 Å². The van der Waals surface area contributed by atoms with Gasteiger partial charge in [-0.25, -0.2) is 4.79 Å². The Bertz CT molecular complexity index is 535. The first kappa shape index (κ1) is 16.3. The zero-order valence-corrected chi connectivity index (χ0v) is 15.4. The molecule has 0 bridgehead atoms. The molecule has 1 amide bonds. The highest BCUT2D eigenvalue weighted by Crippen LogP contribution is 2.37. The first-order valence-corrected chi connectivity index (χ1v) is 9.52. The quantitative estimate of drug-likeness (QED) is 0.764. The van der Waals surface area contributed by atoms with Crippen molar-refractivity contribution in [3.05, 3.63) is 19.2 Å². The van der Waals surface area contributed by atoms with Gasteiger partial charge in [-0.3, -0.25) is 4.79 Å². The Kier molecular flexibility index (Phi) is 5.56. The Labute approximate surface area is 142 Å². The monoisotopic (exact) mass is 441 g/mol. The average Bonchev–Trinajstić information content (AvgIpc) is 2.92. The van der Waals surface area contributed by atoms with Crippen LogP contribution in [0.5, 0.6) is 0 Å². The van der Waals surface area contributed by atoms with Gasteiger partial charge < -0.3 is 10.0 Å². The van der Waals surface area contributed by atoms with Gasteiger partial charge in [0.05, 0.1) is 18.5 Å². The summed E-state index contributed by atoms with van der Waals surface area (Å²) in [7, 11) is 0. The molecule has 110 valence electrons. The van der Waals surface area contributed by atoms with Gasteiger partial charge in [0.1, 0.15) is 6.04 Å². The lowest BCUT2D eigenvalue weighted by atomic mass is 10.2. The van der Waals surface area contributed by atoms with Crippen LogP contribution in [0.3, 0.4) is 0 Å². The smallest absolute Gasteiger partial charge is 0.327 e. The van der Waals surface area contributed by atoms with E-state index < -0.39 is 12.0 Å². The molecule has 1 aromatic heterocycles. The Morgan fingerprint density at radius 2 is 2.20 bits per heavy atom. The van der Waals surface area contributed by atoms with E-state index in [1.54, 1.807) is 17.8 Å². The van der Waals surface area contributed by atoms with Crippen LogP contribution in [-0.4, -0.2) is 39.1 Å². The molecule has 8 heteroatoms. The molecule has 1 aliphatic rings. The van der Waals surface area contributed by atoms with Crippen molar-refractivity contribution < 1.29 is 14.7 Å². The van der Waals surface area contributed by atoms with Crippen LogP contribution in [0.1, 0.15) is 30.1 Å². The van der Waals surface area contributed by atoms with Crippen LogP contribution in [0.15, 0.2) is 13.6 Å². The standard InChI is InChI=1S/C12H13Br2NO3S2/c1-2-3-9-15(7(5-19-9)12(17)18)11(16)6-4-8(13)20-10(6)14/h4,7,9H,2-3,5H2,1H3,(H,17,18).